The molecule has 0 aliphatic heterocycles. The maximum Gasteiger partial charge on any atom is 1.00 e. The van der Waals surface area contributed by atoms with Crippen LogP contribution >= 0.6 is 11.8 Å². The zero-order chi connectivity index (χ0) is 8.93. The molecule has 0 heterocycles. The van der Waals surface area contributed by atoms with E-state index in [4.69, 9.17) is 0 Å². The fourth-order valence-corrected chi connectivity index (χ4v) is 1.97. The van der Waals surface area contributed by atoms with Crippen LogP contribution in [-0.2, 0) is 0 Å². The Hall–Kier alpha value is -0.613. The summed E-state index contributed by atoms with van der Waals surface area (Å²) in [7, 11) is 0. The Morgan fingerprint density at radius 3 is 1.36 bits per heavy atom. The van der Waals surface area contributed by atoms with Gasteiger partial charge in [-0.3, -0.25) is 0 Å². The summed E-state index contributed by atoms with van der Waals surface area (Å²) in [5.41, 5.74) is 0. The number of hydrogen-bond donors (Lipinski definition) is 0. The molecule has 2 heteroatoms. The molecule has 2 rings (SSSR count). The van der Waals surface area contributed by atoms with Crippen LogP contribution in [0.1, 0.15) is 1.43 Å². The zero-order valence-electron chi connectivity index (χ0n) is 9.18. The molecule has 0 saturated carbocycles. The topological polar surface area (TPSA) is 0 Å². The van der Waals surface area contributed by atoms with E-state index in [1.54, 1.807) is 11.8 Å². The Balaban J connectivity index is 0.000000980. The Morgan fingerprint density at radius 1 is 0.643 bits per heavy atom. The molecule has 0 radical (unpaired) electrons. The van der Waals surface area contributed by atoms with Crippen LogP contribution in [0.5, 0.6) is 0 Å². The maximum absolute atomic E-state index is 2.12. The first-order valence-electron chi connectivity index (χ1n) is 4.23. The molecule has 0 atom stereocenters. The van der Waals surface area contributed by atoms with Gasteiger partial charge in [0.1, 0.15) is 0 Å². The Bertz CT molecular complexity index is 326. The van der Waals surface area contributed by atoms with Crippen LogP contribution in [0.4, 0.5) is 0 Å². The minimum absolute atomic E-state index is 0. The summed E-state index contributed by atoms with van der Waals surface area (Å²) in [6, 6.07) is 20.8. The van der Waals surface area contributed by atoms with Crippen molar-refractivity contribution in [2.24, 2.45) is 0 Å². The average Bonchev–Trinajstić information content (AvgIpc) is 2.21. The third-order valence-electron chi connectivity index (χ3n) is 1.72. The summed E-state index contributed by atoms with van der Waals surface area (Å²) in [5, 5.41) is 0. The SMILES string of the molecule is [H-].[Li+].c1ccc(Sc2ccccc2)cc1. The van der Waals surface area contributed by atoms with Gasteiger partial charge in [-0.1, -0.05) is 48.2 Å². The average molecular weight is 194 g/mol. The summed E-state index contributed by atoms with van der Waals surface area (Å²) < 4.78 is 0. The van der Waals surface area contributed by atoms with Gasteiger partial charge < -0.3 is 1.43 Å². The van der Waals surface area contributed by atoms with E-state index < -0.39 is 0 Å². The molecule has 0 bridgehead atoms. The van der Waals surface area contributed by atoms with E-state index in [0.29, 0.717) is 0 Å². The molecule has 0 nitrogen and oxygen atoms in total. The van der Waals surface area contributed by atoms with Gasteiger partial charge in [-0.15, -0.1) is 0 Å². The Labute approximate surface area is 102 Å². The number of rotatable bonds is 2. The molecule has 14 heavy (non-hydrogen) atoms. The van der Waals surface area contributed by atoms with Gasteiger partial charge in [-0.05, 0) is 24.3 Å². The van der Waals surface area contributed by atoms with Gasteiger partial charge >= 0.3 is 18.9 Å². The maximum atomic E-state index is 2.12. The van der Waals surface area contributed by atoms with Crippen LogP contribution in [0.2, 0.25) is 0 Å². The van der Waals surface area contributed by atoms with Crippen LogP contribution in [0.3, 0.4) is 0 Å². The first kappa shape index (κ1) is 11.5. The van der Waals surface area contributed by atoms with Crippen molar-refractivity contribution < 1.29 is 20.3 Å². The van der Waals surface area contributed by atoms with Crippen molar-refractivity contribution in [3.8, 4) is 0 Å². The molecule has 0 aliphatic carbocycles. The van der Waals surface area contributed by atoms with Crippen molar-refractivity contribution in [1.82, 2.24) is 0 Å². The van der Waals surface area contributed by atoms with Crippen molar-refractivity contribution >= 4 is 11.8 Å². The molecule has 0 fully saturated rings. The van der Waals surface area contributed by atoms with Gasteiger partial charge in [0.25, 0.3) is 0 Å². The summed E-state index contributed by atoms with van der Waals surface area (Å²) in [4.78, 5) is 2.57. The minimum Gasteiger partial charge on any atom is -1.00 e. The summed E-state index contributed by atoms with van der Waals surface area (Å²) in [6.07, 6.45) is 0. The monoisotopic (exact) mass is 194 g/mol. The Kier molecular flexibility index (Phi) is 4.90. The molecular formula is C12H11LiS. The van der Waals surface area contributed by atoms with Gasteiger partial charge in [0.05, 0.1) is 0 Å². The normalized spacial score (nSPS) is 9.14. The van der Waals surface area contributed by atoms with Gasteiger partial charge in [-0.25, -0.2) is 0 Å². The van der Waals surface area contributed by atoms with E-state index >= 15 is 0 Å². The fourth-order valence-electron chi connectivity index (χ4n) is 1.11. The van der Waals surface area contributed by atoms with Crippen LogP contribution in [0.25, 0.3) is 0 Å². The predicted octanol–water partition coefficient (Wildman–Crippen LogP) is 0.954. The van der Waals surface area contributed by atoms with Crippen LogP contribution in [-0.4, -0.2) is 0 Å². The molecular weight excluding hydrogens is 183 g/mol. The van der Waals surface area contributed by atoms with E-state index in [0.717, 1.165) is 0 Å². The van der Waals surface area contributed by atoms with Crippen molar-refractivity contribution in [1.29, 1.82) is 0 Å². The van der Waals surface area contributed by atoms with E-state index in [1.807, 2.05) is 12.1 Å². The van der Waals surface area contributed by atoms with Gasteiger partial charge in [-0.2, -0.15) is 0 Å². The molecule has 0 aliphatic rings. The second-order valence-electron chi connectivity index (χ2n) is 2.73. The van der Waals surface area contributed by atoms with Crippen molar-refractivity contribution in [3.05, 3.63) is 60.7 Å². The van der Waals surface area contributed by atoms with Crippen LogP contribution < -0.4 is 18.9 Å². The molecule has 2 aromatic rings. The van der Waals surface area contributed by atoms with E-state index in [9.17, 15) is 0 Å². The molecule has 66 valence electrons. The molecule has 0 saturated heterocycles. The van der Waals surface area contributed by atoms with Crippen molar-refractivity contribution in [3.63, 3.8) is 0 Å². The smallest absolute Gasteiger partial charge is 1.00 e. The predicted molar refractivity (Wildman–Crippen MR) is 58.1 cm³/mol. The third kappa shape index (κ3) is 3.27. The molecule has 0 aromatic heterocycles. The molecule has 0 spiro atoms. The van der Waals surface area contributed by atoms with Crippen molar-refractivity contribution in [2.75, 3.05) is 0 Å². The molecule has 0 N–H and O–H groups in total. The first-order valence-corrected chi connectivity index (χ1v) is 5.05. The van der Waals surface area contributed by atoms with Gasteiger partial charge in [0.15, 0.2) is 0 Å². The fraction of sp³-hybridized carbons (Fsp3) is 0. The number of hydrogen-bond acceptors (Lipinski definition) is 1. The summed E-state index contributed by atoms with van der Waals surface area (Å²) in [6.45, 7) is 0. The summed E-state index contributed by atoms with van der Waals surface area (Å²) in [5.74, 6) is 0. The minimum atomic E-state index is 0. The largest absolute Gasteiger partial charge is 1.00 e. The van der Waals surface area contributed by atoms with Gasteiger partial charge in [0.2, 0.25) is 0 Å². The Morgan fingerprint density at radius 2 is 1.00 bits per heavy atom. The third-order valence-corrected chi connectivity index (χ3v) is 2.74. The molecule has 2 aromatic carbocycles. The first-order chi connectivity index (χ1) is 6.45. The molecule has 0 amide bonds. The van der Waals surface area contributed by atoms with Gasteiger partial charge in [0, 0.05) is 9.79 Å². The van der Waals surface area contributed by atoms with E-state index in [-0.39, 0.29) is 20.3 Å². The zero-order valence-corrected chi connectivity index (χ0v) is 9.00. The second-order valence-corrected chi connectivity index (χ2v) is 3.88. The quantitative estimate of drug-likeness (QED) is 0.641. The standard InChI is InChI=1S/C12H10S.Li.H/c1-3-7-11(8-4-1)13-12-9-5-2-6-10-12;;/h1-10H;;/q;+1;-1. The van der Waals surface area contributed by atoms with E-state index in [1.165, 1.54) is 9.79 Å². The number of benzene rings is 2. The summed E-state index contributed by atoms with van der Waals surface area (Å²) >= 11 is 1.79. The van der Waals surface area contributed by atoms with E-state index in [2.05, 4.69) is 48.5 Å². The van der Waals surface area contributed by atoms with Crippen LogP contribution in [0.15, 0.2) is 70.5 Å². The van der Waals surface area contributed by atoms with Crippen molar-refractivity contribution in [2.45, 2.75) is 9.79 Å². The molecule has 0 unspecified atom stereocenters. The van der Waals surface area contributed by atoms with Crippen LogP contribution in [0, 0.1) is 0 Å². The second kappa shape index (κ2) is 5.98.